The SMILES string of the molecule is CC1=CCC(N(S(=O)(=O)O)S(=O)(=O)O)C=C1. The molecule has 0 amide bonds. The predicted octanol–water partition coefficient (Wildman–Crippen LogP) is 0.169. The number of hydrogen-bond donors (Lipinski definition) is 2. The van der Waals surface area contributed by atoms with E-state index in [4.69, 9.17) is 9.11 Å². The Bertz CT molecular complexity index is 497. The van der Waals surface area contributed by atoms with E-state index < -0.39 is 26.7 Å². The minimum Gasteiger partial charge on any atom is -0.272 e. The second-order valence-corrected chi connectivity index (χ2v) is 6.10. The zero-order valence-corrected chi connectivity index (χ0v) is 9.94. The molecule has 92 valence electrons. The maximum Gasteiger partial charge on any atom is 0.351 e. The van der Waals surface area contributed by atoms with Crippen LogP contribution in [0.5, 0.6) is 0 Å². The highest BCUT2D eigenvalue weighted by Gasteiger charge is 2.37. The maximum absolute atomic E-state index is 10.8. The van der Waals surface area contributed by atoms with Crippen LogP contribution >= 0.6 is 0 Å². The fraction of sp³-hybridized carbons (Fsp3) is 0.429. The summed E-state index contributed by atoms with van der Waals surface area (Å²) in [5.41, 5.74) is 0.835. The second-order valence-electron chi connectivity index (χ2n) is 3.29. The molecule has 0 saturated heterocycles. The number of nitrogens with zero attached hydrogens (tertiary/aromatic N) is 1. The van der Waals surface area contributed by atoms with Gasteiger partial charge in [-0.15, -0.1) is 0 Å². The van der Waals surface area contributed by atoms with Crippen LogP contribution in [0.4, 0.5) is 0 Å². The molecule has 0 aromatic heterocycles. The van der Waals surface area contributed by atoms with Crippen LogP contribution in [-0.4, -0.2) is 35.7 Å². The van der Waals surface area contributed by atoms with E-state index in [2.05, 4.69) is 0 Å². The van der Waals surface area contributed by atoms with Crippen molar-refractivity contribution in [2.45, 2.75) is 19.4 Å². The zero-order valence-electron chi connectivity index (χ0n) is 8.31. The Morgan fingerprint density at radius 3 is 2.06 bits per heavy atom. The molecule has 9 heteroatoms. The van der Waals surface area contributed by atoms with Crippen LogP contribution in [0.25, 0.3) is 0 Å². The summed E-state index contributed by atoms with van der Waals surface area (Å²) in [6, 6.07) is -1.14. The second kappa shape index (κ2) is 4.26. The monoisotopic (exact) mass is 269 g/mol. The first-order valence-electron chi connectivity index (χ1n) is 4.22. The topological polar surface area (TPSA) is 112 Å². The largest absolute Gasteiger partial charge is 0.351 e. The lowest BCUT2D eigenvalue weighted by Crippen LogP contribution is -2.43. The van der Waals surface area contributed by atoms with Crippen molar-refractivity contribution in [3.63, 3.8) is 0 Å². The molecule has 2 N–H and O–H groups in total. The zero-order chi connectivity index (χ0) is 12.6. The number of hydrogen-bond acceptors (Lipinski definition) is 4. The first-order valence-corrected chi connectivity index (χ1v) is 7.01. The normalized spacial score (nSPS) is 22.2. The highest BCUT2D eigenvalue weighted by atomic mass is 32.3. The molecule has 1 aliphatic carbocycles. The van der Waals surface area contributed by atoms with E-state index in [0.717, 1.165) is 5.57 Å². The summed E-state index contributed by atoms with van der Waals surface area (Å²) in [6.45, 7) is 1.75. The summed E-state index contributed by atoms with van der Waals surface area (Å²) in [5, 5.41) is 0. The quantitative estimate of drug-likeness (QED) is 0.706. The summed E-state index contributed by atoms with van der Waals surface area (Å²) < 4.78 is 60.5. The van der Waals surface area contributed by atoms with Gasteiger partial charge in [-0.1, -0.05) is 23.8 Å². The molecule has 1 atom stereocenters. The third-order valence-electron chi connectivity index (χ3n) is 1.99. The lowest BCUT2D eigenvalue weighted by atomic mass is 10.1. The van der Waals surface area contributed by atoms with Gasteiger partial charge in [0.05, 0.1) is 6.04 Å². The minimum atomic E-state index is -5.02. The minimum absolute atomic E-state index is 0.0575. The molecular weight excluding hydrogens is 258 g/mol. The molecule has 0 fully saturated rings. The summed E-state index contributed by atoms with van der Waals surface area (Å²) in [6.07, 6.45) is 4.42. The van der Waals surface area contributed by atoms with Crippen LogP contribution in [0.15, 0.2) is 23.8 Å². The summed E-state index contributed by atoms with van der Waals surface area (Å²) in [4.78, 5) is 0. The number of allylic oxidation sites excluding steroid dienone is 2. The van der Waals surface area contributed by atoms with Crippen molar-refractivity contribution in [2.75, 3.05) is 0 Å². The van der Waals surface area contributed by atoms with E-state index in [0.29, 0.717) is 0 Å². The third kappa shape index (κ3) is 3.12. The van der Waals surface area contributed by atoms with Crippen LogP contribution < -0.4 is 0 Å². The van der Waals surface area contributed by atoms with Gasteiger partial charge in [0, 0.05) is 0 Å². The average Bonchev–Trinajstić information content (AvgIpc) is 2.03. The summed E-state index contributed by atoms with van der Waals surface area (Å²) >= 11 is 0. The molecule has 0 radical (unpaired) electrons. The molecule has 0 heterocycles. The Hall–Kier alpha value is -0.740. The Kier molecular flexibility index (Phi) is 3.55. The van der Waals surface area contributed by atoms with Gasteiger partial charge in [0.2, 0.25) is 0 Å². The first kappa shape index (κ1) is 13.3. The Morgan fingerprint density at radius 1 is 1.25 bits per heavy atom. The average molecular weight is 269 g/mol. The molecule has 0 aliphatic heterocycles. The predicted molar refractivity (Wildman–Crippen MR) is 56.2 cm³/mol. The van der Waals surface area contributed by atoms with Gasteiger partial charge in [-0.3, -0.25) is 9.11 Å². The van der Waals surface area contributed by atoms with Crippen molar-refractivity contribution in [3.8, 4) is 0 Å². The van der Waals surface area contributed by atoms with Crippen LogP contribution in [-0.2, 0) is 20.6 Å². The molecule has 0 spiro atoms. The highest BCUT2D eigenvalue weighted by Crippen LogP contribution is 2.20. The smallest absolute Gasteiger partial charge is 0.272 e. The van der Waals surface area contributed by atoms with Crippen molar-refractivity contribution < 1.29 is 25.9 Å². The van der Waals surface area contributed by atoms with Gasteiger partial charge in [-0.2, -0.15) is 16.8 Å². The Labute approximate surface area is 93.8 Å². The first-order chi connectivity index (χ1) is 7.12. The van der Waals surface area contributed by atoms with E-state index in [9.17, 15) is 16.8 Å². The Balaban J connectivity index is 3.13. The fourth-order valence-electron chi connectivity index (χ4n) is 1.33. The molecule has 7 nitrogen and oxygen atoms in total. The standard InChI is InChI=1S/C7H11NO6S2/c1-6-2-4-7(5-3-6)8(15(9,10)11)16(12,13)14/h2-4,7H,5H2,1H3,(H,9,10,11)(H,12,13,14). The van der Waals surface area contributed by atoms with Crippen LogP contribution in [0.3, 0.4) is 0 Å². The lowest BCUT2D eigenvalue weighted by Gasteiger charge is -2.23. The van der Waals surface area contributed by atoms with Crippen LogP contribution in [0.1, 0.15) is 13.3 Å². The van der Waals surface area contributed by atoms with Gasteiger partial charge in [-0.25, -0.2) is 0 Å². The summed E-state index contributed by atoms with van der Waals surface area (Å²) in [7, 11) is -10.0. The molecule has 1 aliphatic rings. The van der Waals surface area contributed by atoms with Crippen molar-refractivity contribution in [1.82, 2.24) is 3.71 Å². The van der Waals surface area contributed by atoms with Crippen molar-refractivity contribution in [1.29, 1.82) is 0 Å². The van der Waals surface area contributed by atoms with E-state index in [1.807, 2.05) is 0 Å². The van der Waals surface area contributed by atoms with Gasteiger partial charge >= 0.3 is 20.6 Å². The fourth-order valence-corrected chi connectivity index (χ4v) is 3.28. The van der Waals surface area contributed by atoms with Gasteiger partial charge in [0.1, 0.15) is 0 Å². The third-order valence-corrected chi connectivity index (χ3v) is 4.57. The molecule has 0 saturated carbocycles. The van der Waals surface area contributed by atoms with Crippen LogP contribution in [0, 0.1) is 0 Å². The van der Waals surface area contributed by atoms with Gasteiger partial charge < -0.3 is 0 Å². The molecule has 16 heavy (non-hydrogen) atoms. The molecule has 0 aromatic rings. The maximum atomic E-state index is 10.8. The van der Waals surface area contributed by atoms with Gasteiger partial charge in [0.15, 0.2) is 0 Å². The van der Waals surface area contributed by atoms with E-state index in [-0.39, 0.29) is 10.1 Å². The number of rotatable bonds is 3. The molecule has 0 aromatic carbocycles. The molecule has 0 bridgehead atoms. The van der Waals surface area contributed by atoms with Crippen molar-refractivity contribution in [3.05, 3.63) is 23.8 Å². The summed E-state index contributed by atoms with van der Waals surface area (Å²) in [5.74, 6) is 0. The van der Waals surface area contributed by atoms with Gasteiger partial charge in [0.25, 0.3) is 0 Å². The molecule has 1 unspecified atom stereocenters. The Morgan fingerprint density at radius 2 is 1.75 bits per heavy atom. The molecular formula is C7H11NO6S2. The lowest BCUT2D eigenvalue weighted by molar-refractivity contribution is 0.361. The van der Waals surface area contributed by atoms with E-state index in [1.54, 1.807) is 13.0 Å². The van der Waals surface area contributed by atoms with E-state index >= 15 is 0 Å². The highest BCUT2D eigenvalue weighted by molar-refractivity contribution is 7.98. The van der Waals surface area contributed by atoms with Gasteiger partial charge in [-0.05, 0) is 17.1 Å². The molecule has 1 rings (SSSR count). The van der Waals surface area contributed by atoms with Crippen molar-refractivity contribution in [2.24, 2.45) is 0 Å². The van der Waals surface area contributed by atoms with Crippen molar-refractivity contribution >= 4 is 20.6 Å². The van der Waals surface area contributed by atoms with E-state index in [1.165, 1.54) is 12.2 Å². The van der Waals surface area contributed by atoms with Crippen LogP contribution in [0.2, 0.25) is 0 Å².